The highest BCUT2D eigenvalue weighted by Crippen LogP contribution is 2.29. The highest BCUT2D eigenvalue weighted by atomic mass is 79.9. The summed E-state index contributed by atoms with van der Waals surface area (Å²) in [5.74, 6) is 0.742. The summed E-state index contributed by atoms with van der Waals surface area (Å²) < 4.78 is 1.16. The van der Waals surface area contributed by atoms with E-state index in [0.29, 0.717) is 6.04 Å². The molecule has 0 aromatic heterocycles. The van der Waals surface area contributed by atoms with E-state index in [0.717, 1.165) is 16.9 Å². The van der Waals surface area contributed by atoms with Crippen molar-refractivity contribution in [3.8, 4) is 0 Å². The molecule has 2 heteroatoms. The summed E-state index contributed by atoms with van der Waals surface area (Å²) in [6.07, 6.45) is 5.18. The largest absolute Gasteiger partial charge is 0.310 e. The SMILES string of the molecule is CCCCC(CC)C(NCC)c1ccc(Br)cc1. The first-order chi connectivity index (χ1) is 8.72. The van der Waals surface area contributed by atoms with E-state index in [9.17, 15) is 0 Å². The van der Waals surface area contributed by atoms with Crippen LogP contribution in [0.15, 0.2) is 28.7 Å². The summed E-state index contributed by atoms with van der Waals surface area (Å²) in [6, 6.07) is 9.27. The van der Waals surface area contributed by atoms with Gasteiger partial charge in [-0.3, -0.25) is 0 Å². The van der Waals surface area contributed by atoms with Gasteiger partial charge < -0.3 is 5.32 Å². The maximum absolute atomic E-state index is 3.66. The molecule has 0 spiro atoms. The van der Waals surface area contributed by atoms with Crippen LogP contribution in [-0.2, 0) is 0 Å². The van der Waals surface area contributed by atoms with Crippen LogP contribution < -0.4 is 5.32 Å². The molecule has 0 bridgehead atoms. The summed E-state index contributed by atoms with van der Waals surface area (Å²) >= 11 is 3.51. The van der Waals surface area contributed by atoms with Crippen LogP contribution in [-0.4, -0.2) is 6.54 Å². The van der Waals surface area contributed by atoms with Gasteiger partial charge in [-0.2, -0.15) is 0 Å². The Labute approximate surface area is 120 Å². The van der Waals surface area contributed by atoms with Crippen molar-refractivity contribution < 1.29 is 0 Å². The van der Waals surface area contributed by atoms with E-state index in [4.69, 9.17) is 0 Å². The topological polar surface area (TPSA) is 12.0 Å². The number of unbranched alkanes of at least 4 members (excludes halogenated alkanes) is 1. The molecule has 0 aliphatic heterocycles. The molecule has 0 heterocycles. The molecule has 1 N–H and O–H groups in total. The number of hydrogen-bond acceptors (Lipinski definition) is 1. The smallest absolute Gasteiger partial charge is 0.0348 e. The standard InChI is InChI=1S/C16H26BrN/c1-4-7-8-13(5-2)16(18-6-3)14-9-11-15(17)12-10-14/h9-13,16,18H,4-8H2,1-3H3. The van der Waals surface area contributed by atoms with Gasteiger partial charge >= 0.3 is 0 Å². The zero-order valence-corrected chi connectivity index (χ0v) is 13.5. The van der Waals surface area contributed by atoms with Crippen LogP contribution in [0, 0.1) is 5.92 Å². The molecule has 0 saturated carbocycles. The zero-order valence-electron chi connectivity index (χ0n) is 11.9. The lowest BCUT2D eigenvalue weighted by Crippen LogP contribution is -2.28. The van der Waals surface area contributed by atoms with Gasteiger partial charge in [0.15, 0.2) is 0 Å². The Kier molecular flexibility index (Phi) is 7.60. The van der Waals surface area contributed by atoms with Crippen LogP contribution in [0.4, 0.5) is 0 Å². The minimum absolute atomic E-state index is 0.500. The second kappa shape index (κ2) is 8.71. The molecular weight excluding hydrogens is 286 g/mol. The van der Waals surface area contributed by atoms with Crippen LogP contribution in [0.2, 0.25) is 0 Å². The first-order valence-electron chi connectivity index (χ1n) is 7.21. The molecule has 0 saturated heterocycles. The Bertz CT molecular complexity index is 320. The third-order valence-corrected chi connectivity index (χ3v) is 4.11. The molecule has 1 aromatic rings. The molecule has 0 radical (unpaired) electrons. The molecule has 1 nitrogen and oxygen atoms in total. The van der Waals surface area contributed by atoms with Crippen molar-refractivity contribution in [2.75, 3.05) is 6.54 Å². The van der Waals surface area contributed by atoms with Gasteiger partial charge in [-0.15, -0.1) is 0 Å². The molecule has 1 rings (SSSR count). The van der Waals surface area contributed by atoms with Crippen LogP contribution >= 0.6 is 15.9 Å². The fraction of sp³-hybridized carbons (Fsp3) is 0.625. The average molecular weight is 312 g/mol. The molecular formula is C16H26BrN. The third-order valence-electron chi connectivity index (χ3n) is 3.58. The molecule has 0 aliphatic rings. The normalized spacial score (nSPS) is 14.4. The second-order valence-electron chi connectivity index (χ2n) is 4.90. The Hall–Kier alpha value is -0.340. The summed E-state index contributed by atoms with van der Waals surface area (Å²) in [5.41, 5.74) is 1.42. The highest BCUT2D eigenvalue weighted by Gasteiger charge is 2.20. The molecule has 18 heavy (non-hydrogen) atoms. The van der Waals surface area contributed by atoms with Gasteiger partial charge in [-0.25, -0.2) is 0 Å². The van der Waals surface area contributed by atoms with Crippen molar-refractivity contribution in [3.63, 3.8) is 0 Å². The van der Waals surface area contributed by atoms with Gasteiger partial charge in [0.1, 0.15) is 0 Å². The van der Waals surface area contributed by atoms with Crippen LogP contribution in [0.3, 0.4) is 0 Å². The number of nitrogens with one attached hydrogen (secondary N) is 1. The van der Waals surface area contributed by atoms with Crippen molar-refractivity contribution in [1.82, 2.24) is 5.32 Å². The monoisotopic (exact) mass is 311 g/mol. The number of rotatable bonds is 8. The van der Waals surface area contributed by atoms with Crippen molar-refractivity contribution in [2.24, 2.45) is 5.92 Å². The minimum atomic E-state index is 0.500. The van der Waals surface area contributed by atoms with Crippen molar-refractivity contribution in [2.45, 2.75) is 52.5 Å². The maximum atomic E-state index is 3.66. The third kappa shape index (κ3) is 4.74. The summed E-state index contributed by atoms with van der Waals surface area (Å²) in [4.78, 5) is 0. The average Bonchev–Trinajstić information content (AvgIpc) is 2.39. The zero-order chi connectivity index (χ0) is 13.4. The fourth-order valence-corrected chi connectivity index (χ4v) is 2.78. The Morgan fingerprint density at radius 1 is 1.11 bits per heavy atom. The first-order valence-corrected chi connectivity index (χ1v) is 8.01. The van der Waals surface area contributed by atoms with Gasteiger partial charge in [-0.1, -0.05) is 68.1 Å². The minimum Gasteiger partial charge on any atom is -0.310 e. The summed E-state index contributed by atoms with van der Waals surface area (Å²) in [5, 5.41) is 3.66. The Morgan fingerprint density at radius 2 is 1.78 bits per heavy atom. The Balaban J connectivity index is 2.81. The lowest BCUT2D eigenvalue weighted by molar-refractivity contribution is 0.328. The lowest BCUT2D eigenvalue weighted by Gasteiger charge is -2.27. The predicted molar refractivity (Wildman–Crippen MR) is 83.9 cm³/mol. The molecule has 0 aliphatic carbocycles. The Morgan fingerprint density at radius 3 is 2.28 bits per heavy atom. The summed E-state index contributed by atoms with van der Waals surface area (Å²) in [6.45, 7) is 7.81. The lowest BCUT2D eigenvalue weighted by atomic mass is 9.87. The van der Waals surface area contributed by atoms with Gasteiger partial charge in [0, 0.05) is 10.5 Å². The van der Waals surface area contributed by atoms with Gasteiger partial charge in [0.2, 0.25) is 0 Å². The molecule has 102 valence electrons. The van der Waals surface area contributed by atoms with E-state index < -0.39 is 0 Å². The van der Waals surface area contributed by atoms with E-state index >= 15 is 0 Å². The summed E-state index contributed by atoms with van der Waals surface area (Å²) in [7, 11) is 0. The van der Waals surface area contributed by atoms with Gasteiger partial charge in [-0.05, 0) is 36.6 Å². The molecule has 2 unspecified atom stereocenters. The number of halogens is 1. The van der Waals surface area contributed by atoms with Crippen molar-refractivity contribution in [3.05, 3.63) is 34.3 Å². The maximum Gasteiger partial charge on any atom is 0.0348 e. The quantitative estimate of drug-likeness (QED) is 0.685. The van der Waals surface area contributed by atoms with Crippen LogP contribution in [0.5, 0.6) is 0 Å². The van der Waals surface area contributed by atoms with Gasteiger partial charge in [0.25, 0.3) is 0 Å². The van der Waals surface area contributed by atoms with Crippen molar-refractivity contribution in [1.29, 1.82) is 0 Å². The van der Waals surface area contributed by atoms with Gasteiger partial charge in [0.05, 0.1) is 0 Å². The fourth-order valence-electron chi connectivity index (χ4n) is 2.52. The van der Waals surface area contributed by atoms with E-state index in [1.807, 2.05) is 0 Å². The van der Waals surface area contributed by atoms with Crippen molar-refractivity contribution >= 4 is 15.9 Å². The second-order valence-corrected chi connectivity index (χ2v) is 5.81. The first kappa shape index (κ1) is 15.7. The van der Waals surface area contributed by atoms with Crippen LogP contribution in [0.25, 0.3) is 0 Å². The van der Waals surface area contributed by atoms with E-state index in [1.54, 1.807) is 0 Å². The highest BCUT2D eigenvalue weighted by molar-refractivity contribution is 9.10. The van der Waals surface area contributed by atoms with E-state index in [1.165, 1.54) is 31.2 Å². The van der Waals surface area contributed by atoms with E-state index in [-0.39, 0.29) is 0 Å². The predicted octanol–water partition coefficient (Wildman–Crippen LogP) is 5.32. The molecule has 0 amide bonds. The molecule has 2 atom stereocenters. The van der Waals surface area contributed by atoms with Crippen LogP contribution in [0.1, 0.15) is 58.1 Å². The number of hydrogen-bond donors (Lipinski definition) is 1. The molecule has 1 aromatic carbocycles. The number of benzene rings is 1. The molecule has 0 fully saturated rings. The van der Waals surface area contributed by atoms with E-state index in [2.05, 4.69) is 66.3 Å².